The summed E-state index contributed by atoms with van der Waals surface area (Å²) in [6.45, 7) is 0.236. The van der Waals surface area contributed by atoms with Gasteiger partial charge in [-0.1, -0.05) is 27.7 Å². The molecule has 0 aliphatic carbocycles. The highest BCUT2D eigenvalue weighted by Crippen LogP contribution is 2.42. The van der Waals surface area contributed by atoms with Gasteiger partial charge in [0.1, 0.15) is 0 Å². The summed E-state index contributed by atoms with van der Waals surface area (Å²) >= 11 is 4.98. The summed E-state index contributed by atoms with van der Waals surface area (Å²) in [6.07, 6.45) is 0. The molecular formula is C19H17BrN2O6S. The number of nitrogens with zero attached hydrogens (tertiary/aromatic N) is 2. The van der Waals surface area contributed by atoms with Crippen molar-refractivity contribution in [2.75, 3.05) is 28.1 Å². The van der Waals surface area contributed by atoms with Crippen molar-refractivity contribution >= 4 is 27.7 Å². The van der Waals surface area contributed by atoms with Crippen molar-refractivity contribution in [2.24, 2.45) is 0 Å². The number of rotatable bonds is 7. The SMILES string of the molecule is COc1cc(-c2nnc(SCc3cc4c(cc3Br)OCO4)o2)cc(OC)c1OC. The molecule has 1 aliphatic rings. The third-order valence-electron chi connectivity index (χ3n) is 4.21. The highest BCUT2D eigenvalue weighted by Gasteiger charge is 2.19. The number of hydrogen-bond acceptors (Lipinski definition) is 9. The Balaban J connectivity index is 1.53. The lowest BCUT2D eigenvalue weighted by atomic mass is 10.2. The molecule has 29 heavy (non-hydrogen) atoms. The minimum Gasteiger partial charge on any atom is -0.493 e. The Morgan fingerprint density at radius 2 is 1.66 bits per heavy atom. The molecule has 3 aromatic rings. The fourth-order valence-electron chi connectivity index (χ4n) is 2.80. The number of methoxy groups -OCH3 is 3. The molecule has 1 aromatic heterocycles. The number of ether oxygens (including phenoxy) is 5. The van der Waals surface area contributed by atoms with Crippen LogP contribution in [0.2, 0.25) is 0 Å². The van der Waals surface area contributed by atoms with Crippen LogP contribution in [0, 0.1) is 0 Å². The standard InChI is InChI=1S/C19H17BrN2O6S/c1-23-15-4-10(5-16(24-2)17(15)25-3)18-21-22-19(28-18)29-8-11-6-13-14(7-12(11)20)27-9-26-13/h4-7H,8-9H2,1-3H3. The van der Waals surface area contributed by atoms with Gasteiger partial charge in [-0.05, 0) is 29.8 Å². The van der Waals surface area contributed by atoms with Crippen LogP contribution in [-0.2, 0) is 5.75 Å². The monoisotopic (exact) mass is 480 g/mol. The van der Waals surface area contributed by atoms with Gasteiger partial charge in [-0.2, -0.15) is 0 Å². The second-order valence-corrected chi connectivity index (χ2v) is 7.65. The molecule has 0 atom stereocenters. The maximum atomic E-state index is 5.81. The van der Waals surface area contributed by atoms with Crippen LogP contribution < -0.4 is 23.7 Å². The van der Waals surface area contributed by atoms with E-state index in [1.165, 1.54) is 11.8 Å². The van der Waals surface area contributed by atoms with E-state index in [4.69, 9.17) is 28.1 Å². The number of aromatic nitrogens is 2. The van der Waals surface area contributed by atoms with E-state index in [-0.39, 0.29) is 6.79 Å². The van der Waals surface area contributed by atoms with Crippen molar-refractivity contribution in [1.82, 2.24) is 10.2 Å². The first kappa shape index (κ1) is 19.7. The zero-order valence-electron chi connectivity index (χ0n) is 15.9. The van der Waals surface area contributed by atoms with Crippen LogP contribution in [0.4, 0.5) is 0 Å². The van der Waals surface area contributed by atoms with Gasteiger partial charge in [0.25, 0.3) is 5.22 Å². The van der Waals surface area contributed by atoms with E-state index in [0.29, 0.717) is 39.7 Å². The smallest absolute Gasteiger partial charge is 0.277 e. The lowest BCUT2D eigenvalue weighted by Gasteiger charge is -2.12. The molecule has 0 bridgehead atoms. The number of halogens is 1. The summed E-state index contributed by atoms with van der Waals surface area (Å²) in [5.41, 5.74) is 1.70. The highest BCUT2D eigenvalue weighted by atomic mass is 79.9. The lowest BCUT2D eigenvalue weighted by Crippen LogP contribution is -1.95. The highest BCUT2D eigenvalue weighted by molar-refractivity contribution is 9.10. The molecule has 2 heterocycles. The van der Waals surface area contributed by atoms with Crippen molar-refractivity contribution in [3.05, 3.63) is 34.3 Å². The Bertz CT molecular complexity index is 1020. The number of thioether (sulfide) groups is 1. The normalized spacial score (nSPS) is 12.1. The van der Waals surface area contributed by atoms with Crippen LogP contribution >= 0.6 is 27.7 Å². The van der Waals surface area contributed by atoms with Gasteiger partial charge < -0.3 is 28.1 Å². The summed E-state index contributed by atoms with van der Waals surface area (Å²) in [5.74, 6) is 3.96. The van der Waals surface area contributed by atoms with Crippen molar-refractivity contribution in [3.63, 3.8) is 0 Å². The van der Waals surface area contributed by atoms with E-state index in [2.05, 4.69) is 26.1 Å². The van der Waals surface area contributed by atoms with Crippen molar-refractivity contribution < 1.29 is 28.1 Å². The number of benzene rings is 2. The van der Waals surface area contributed by atoms with Gasteiger partial charge in [-0.15, -0.1) is 10.2 Å². The molecule has 8 nitrogen and oxygen atoms in total. The molecule has 0 spiro atoms. The van der Waals surface area contributed by atoms with E-state index in [9.17, 15) is 0 Å². The molecule has 152 valence electrons. The van der Waals surface area contributed by atoms with Crippen molar-refractivity contribution in [1.29, 1.82) is 0 Å². The van der Waals surface area contributed by atoms with E-state index in [1.807, 2.05) is 12.1 Å². The number of fused-ring (bicyclic) bond motifs is 1. The fourth-order valence-corrected chi connectivity index (χ4v) is 4.20. The first-order valence-corrected chi connectivity index (χ1v) is 10.3. The summed E-state index contributed by atoms with van der Waals surface area (Å²) < 4.78 is 33.6. The Kier molecular flexibility index (Phi) is 5.72. The first-order chi connectivity index (χ1) is 14.1. The summed E-state index contributed by atoms with van der Waals surface area (Å²) in [5, 5.41) is 8.71. The summed E-state index contributed by atoms with van der Waals surface area (Å²) in [4.78, 5) is 0. The number of hydrogen-bond donors (Lipinski definition) is 0. The molecule has 0 saturated heterocycles. The van der Waals surface area contributed by atoms with Crippen LogP contribution in [0.25, 0.3) is 11.5 Å². The van der Waals surface area contributed by atoms with Gasteiger partial charge in [0.05, 0.1) is 21.3 Å². The van der Waals surface area contributed by atoms with Gasteiger partial charge in [-0.3, -0.25) is 0 Å². The minimum atomic E-state index is 0.236. The Labute approximate surface area is 179 Å². The van der Waals surface area contributed by atoms with Crippen LogP contribution in [0.5, 0.6) is 28.7 Å². The average Bonchev–Trinajstić information content (AvgIpc) is 3.39. The fraction of sp³-hybridized carbons (Fsp3) is 0.263. The maximum absolute atomic E-state index is 5.81. The molecule has 4 rings (SSSR count). The third-order valence-corrected chi connectivity index (χ3v) is 5.82. The van der Waals surface area contributed by atoms with Crippen molar-refractivity contribution in [2.45, 2.75) is 11.0 Å². The van der Waals surface area contributed by atoms with E-state index in [1.54, 1.807) is 33.5 Å². The van der Waals surface area contributed by atoms with Gasteiger partial charge in [0, 0.05) is 15.8 Å². The molecule has 0 fully saturated rings. The second kappa shape index (κ2) is 8.42. The Morgan fingerprint density at radius 3 is 2.31 bits per heavy atom. The van der Waals surface area contributed by atoms with Crippen LogP contribution in [0.15, 0.2) is 38.4 Å². The van der Waals surface area contributed by atoms with Gasteiger partial charge in [0.2, 0.25) is 18.4 Å². The topological polar surface area (TPSA) is 85.1 Å². The predicted molar refractivity (Wildman–Crippen MR) is 109 cm³/mol. The molecule has 10 heteroatoms. The molecule has 0 radical (unpaired) electrons. The zero-order chi connectivity index (χ0) is 20.4. The zero-order valence-corrected chi connectivity index (χ0v) is 18.3. The molecule has 0 saturated carbocycles. The Hall–Kier alpha value is -2.59. The van der Waals surface area contributed by atoms with Crippen LogP contribution in [0.3, 0.4) is 0 Å². The summed E-state index contributed by atoms with van der Waals surface area (Å²) in [6, 6.07) is 7.36. The van der Waals surface area contributed by atoms with Crippen LogP contribution in [-0.4, -0.2) is 38.3 Å². The minimum absolute atomic E-state index is 0.236. The van der Waals surface area contributed by atoms with Crippen LogP contribution in [0.1, 0.15) is 5.56 Å². The molecule has 1 aliphatic heterocycles. The van der Waals surface area contributed by atoms with Crippen molar-refractivity contribution in [3.8, 4) is 40.2 Å². The molecule has 0 N–H and O–H groups in total. The van der Waals surface area contributed by atoms with Gasteiger partial charge in [0.15, 0.2) is 23.0 Å². The van der Waals surface area contributed by atoms with E-state index >= 15 is 0 Å². The largest absolute Gasteiger partial charge is 0.493 e. The molecule has 0 unspecified atom stereocenters. The molecular weight excluding hydrogens is 464 g/mol. The Morgan fingerprint density at radius 1 is 0.966 bits per heavy atom. The maximum Gasteiger partial charge on any atom is 0.277 e. The second-order valence-electron chi connectivity index (χ2n) is 5.87. The molecule has 2 aromatic carbocycles. The van der Waals surface area contributed by atoms with E-state index < -0.39 is 0 Å². The van der Waals surface area contributed by atoms with Gasteiger partial charge >= 0.3 is 0 Å². The lowest BCUT2D eigenvalue weighted by molar-refractivity contribution is 0.174. The third kappa shape index (κ3) is 3.95. The quantitative estimate of drug-likeness (QED) is 0.452. The predicted octanol–water partition coefficient (Wildman–Crippen LogP) is 4.55. The molecule has 0 amide bonds. The first-order valence-electron chi connectivity index (χ1n) is 8.47. The average molecular weight is 481 g/mol. The summed E-state index contributed by atoms with van der Waals surface area (Å²) in [7, 11) is 4.66. The van der Waals surface area contributed by atoms with E-state index in [0.717, 1.165) is 21.5 Å². The van der Waals surface area contributed by atoms with Gasteiger partial charge in [-0.25, -0.2) is 0 Å².